The molecule has 0 N–H and O–H groups in total. The molecular formula is C12H28LiOSi. The molecular weight excluding hydrogens is 195 g/mol. The number of hydrogen-bond donors (Lipinski definition) is 0. The van der Waals surface area contributed by atoms with Crippen LogP contribution in [0, 0.1) is 12.8 Å². The summed E-state index contributed by atoms with van der Waals surface area (Å²) in [6, 6.07) is 0. The Morgan fingerprint density at radius 1 is 1.20 bits per heavy atom. The zero-order valence-electron chi connectivity index (χ0n) is 10.4. The molecule has 0 aliphatic carbocycles. The third kappa shape index (κ3) is 9.69. The summed E-state index contributed by atoms with van der Waals surface area (Å²) in [5, 5.41) is 0.451. The summed E-state index contributed by atoms with van der Waals surface area (Å²) in [6.07, 6.45) is 4.81. The fourth-order valence-electron chi connectivity index (χ4n) is 1.06. The molecule has 0 saturated heterocycles. The zero-order valence-corrected chi connectivity index (χ0v) is 11.8. The first-order chi connectivity index (χ1) is 6.50. The van der Waals surface area contributed by atoms with Gasteiger partial charge in [-0.05, 0) is 17.4 Å². The summed E-state index contributed by atoms with van der Waals surface area (Å²) in [5.41, 5.74) is 0. The second-order valence-corrected chi connectivity index (χ2v) is 7.63. The average Bonchev–Trinajstić information content (AvgIpc) is 2.10. The molecule has 0 amide bonds. The number of unbranched alkanes of at least 4 members (excludes halogenated alkanes) is 3. The van der Waals surface area contributed by atoms with Crippen LogP contribution < -0.4 is 0 Å². The van der Waals surface area contributed by atoms with Gasteiger partial charge in [0.25, 0.3) is 0 Å². The standard InChI is InChI=1S/C12H27OSi.Li.H/c1-6-7-8-9-10-13-14-12(4,5)11(2)3;;/h11H,1,6-10,14H2,2-5H3;;. The quantitative estimate of drug-likeness (QED) is 0.454. The van der Waals surface area contributed by atoms with Crippen molar-refractivity contribution in [3.05, 3.63) is 6.92 Å². The first kappa shape index (κ1) is 18.1. The molecule has 0 unspecified atom stereocenters. The van der Waals surface area contributed by atoms with Crippen LogP contribution in [0.4, 0.5) is 0 Å². The van der Waals surface area contributed by atoms with E-state index in [1.165, 1.54) is 19.3 Å². The molecule has 0 aromatic heterocycles. The van der Waals surface area contributed by atoms with Crippen LogP contribution >= 0.6 is 0 Å². The molecule has 3 heteroatoms. The van der Waals surface area contributed by atoms with Crippen molar-refractivity contribution in [3.8, 4) is 0 Å². The van der Waals surface area contributed by atoms with Crippen molar-refractivity contribution in [3.63, 3.8) is 0 Å². The Morgan fingerprint density at radius 2 is 1.80 bits per heavy atom. The second kappa shape index (κ2) is 9.96. The predicted octanol–water partition coefficient (Wildman–Crippen LogP) is 2.69. The van der Waals surface area contributed by atoms with Gasteiger partial charge < -0.3 is 4.43 Å². The molecule has 0 aromatic rings. The Balaban J connectivity index is 0. The van der Waals surface area contributed by atoms with Crippen LogP contribution in [-0.2, 0) is 4.43 Å². The van der Waals surface area contributed by atoms with E-state index in [2.05, 4.69) is 34.6 Å². The summed E-state index contributed by atoms with van der Waals surface area (Å²) in [6.45, 7) is 14.1. The predicted molar refractivity (Wildman–Crippen MR) is 74.3 cm³/mol. The molecule has 0 bridgehead atoms. The Morgan fingerprint density at radius 3 is 2.27 bits per heavy atom. The summed E-state index contributed by atoms with van der Waals surface area (Å²) in [7, 11) is -0.358. The van der Waals surface area contributed by atoms with E-state index in [-0.39, 0.29) is 28.6 Å². The average molecular weight is 223 g/mol. The molecule has 1 nitrogen and oxygen atoms in total. The van der Waals surface area contributed by atoms with Crippen molar-refractivity contribution in [1.82, 2.24) is 0 Å². The van der Waals surface area contributed by atoms with Crippen LogP contribution in [0.25, 0.3) is 0 Å². The van der Waals surface area contributed by atoms with Gasteiger partial charge in [0, 0.05) is 6.61 Å². The van der Waals surface area contributed by atoms with Crippen molar-refractivity contribution < 1.29 is 4.43 Å². The van der Waals surface area contributed by atoms with Crippen LogP contribution in [-0.4, -0.2) is 35.2 Å². The van der Waals surface area contributed by atoms with Gasteiger partial charge in [0.05, 0.1) is 0 Å². The van der Waals surface area contributed by atoms with E-state index in [1.54, 1.807) is 0 Å². The van der Waals surface area contributed by atoms with E-state index >= 15 is 0 Å². The maximum atomic E-state index is 5.82. The van der Waals surface area contributed by atoms with Crippen molar-refractivity contribution in [2.45, 2.75) is 58.4 Å². The second-order valence-electron chi connectivity index (χ2n) is 5.11. The molecule has 0 fully saturated rings. The fourth-order valence-corrected chi connectivity index (χ4v) is 2.27. The van der Waals surface area contributed by atoms with Crippen LogP contribution in [0.3, 0.4) is 0 Å². The van der Waals surface area contributed by atoms with Gasteiger partial charge in [0.2, 0.25) is 0 Å². The van der Waals surface area contributed by atoms with Gasteiger partial charge in [-0.3, -0.25) is 0 Å². The Bertz CT molecular complexity index is 138. The van der Waals surface area contributed by atoms with Gasteiger partial charge in [0.1, 0.15) is 0 Å². The zero-order chi connectivity index (χ0) is 11.0. The molecule has 1 radical (unpaired) electrons. The van der Waals surface area contributed by atoms with Gasteiger partial charge >= 0.3 is 18.9 Å². The molecule has 0 spiro atoms. The topological polar surface area (TPSA) is 9.23 Å². The molecule has 0 aromatic carbocycles. The Kier molecular flexibility index (Phi) is 12.1. The molecule has 0 aliphatic heterocycles. The third-order valence-corrected chi connectivity index (χ3v) is 5.13. The van der Waals surface area contributed by atoms with Crippen LogP contribution in [0.1, 0.15) is 53.4 Å². The molecule has 0 aliphatic rings. The van der Waals surface area contributed by atoms with E-state index < -0.39 is 0 Å². The van der Waals surface area contributed by atoms with Gasteiger partial charge in [-0.2, -0.15) is 0 Å². The first-order valence-electron chi connectivity index (χ1n) is 5.87. The van der Waals surface area contributed by atoms with Gasteiger partial charge in [-0.15, -0.1) is 0 Å². The van der Waals surface area contributed by atoms with Crippen molar-refractivity contribution in [2.24, 2.45) is 5.92 Å². The van der Waals surface area contributed by atoms with E-state index in [0.717, 1.165) is 18.9 Å². The van der Waals surface area contributed by atoms with Gasteiger partial charge in [-0.25, -0.2) is 0 Å². The fraction of sp³-hybridized carbons (Fsp3) is 0.917. The van der Waals surface area contributed by atoms with E-state index in [0.29, 0.717) is 5.04 Å². The van der Waals surface area contributed by atoms with Crippen molar-refractivity contribution in [1.29, 1.82) is 0 Å². The van der Waals surface area contributed by atoms with Gasteiger partial charge in [-0.1, -0.05) is 53.9 Å². The summed E-state index contributed by atoms with van der Waals surface area (Å²) in [5.74, 6) is 0.744. The Hall–Kier alpha value is 0.774. The number of hydrogen-bond acceptors (Lipinski definition) is 1. The van der Waals surface area contributed by atoms with E-state index in [1.807, 2.05) is 0 Å². The number of rotatable bonds is 8. The summed E-state index contributed by atoms with van der Waals surface area (Å²) >= 11 is 0. The van der Waals surface area contributed by atoms with Crippen LogP contribution in [0.15, 0.2) is 0 Å². The van der Waals surface area contributed by atoms with E-state index in [9.17, 15) is 0 Å². The molecule has 0 heterocycles. The molecule has 0 saturated carbocycles. The van der Waals surface area contributed by atoms with Crippen molar-refractivity contribution in [2.75, 3.05) is 6.61 Å². The first-order valence-corrected chi connectivity index (χ1v) is 7.16. The van der Waals surface area contributed by atoms with Crippen molar-refractivity contribution >= 4 is 28.6 Å². The maximum absolute atomic E-state index is 5.82. The monoisotopic (exact) mass is 223 g/mol. The van der Waals surface area contributed by atoms with Gasteiger partial charge in [0.15, 0.2) is 9.76 Å². The molecule has 0 atom stereocenters. The summed E-state index contributed by atoms with van der Waals surface area (Å²) < 4.78 is 5.82. The minimum atomic E-state index is -0.358. The molecule has 87 valence electrons. The Labute approximate surface area is 111 Å². The SMILES string of the molecule is [CH2]CCCCCO[SiH2]C(C)(C)C(C)C.[LiH]. The summed E-state index contributed by atoms with van der Waals surface area (Å²) in [4.78, 5) is 0. The molecule has 0 rings (SSSR count). The molecule has 15 heavy (non-hydrogen) atoms. The normalized spacial score (nSPS) is 12.4. The minimum absolute atomic E-state index is 0. The third-order valence-electron chi connectivity index (χ3n) is 3.08. The van der Waals surface area contributed by atoms with Crippen LogP contribution in [0.2, 0.25) is 5.04 Å². The van der Waals surface area contributed by atoms with Crippen LogP contribution in [0.5, 0.6) is 0 Å². The van der Waals surface area contributed by atoms with E-state index in [4.69, 9.17) is 4.43 Å².